The van der Waals surface area contributed by atoms with Crippen LogP contribution in [0.2, 0.25) is 0 Å². The molecule has 0 amide bonds. The van der Waals surface area contributed by atoms with Gasteiger partial charge in [0, 0.05) is 30.4 Å². The van der Waals surface area contributed by atoms with Crippen LogP contribution in [0.25, 0.3) is 0 Å². The van der Waals surface area contributed by atoms with Crippen LogP contribution in [0.5, 0.6) is 11.6 Å². The van der Waals surface area contributed by atoms with Gasteiger partial charge in [-0.05, 0) is 43.7 Å². The molecule has 2 heterocycles. The minimum absolute atomic E-state index is 0.0694. The minimum atomic E-state index is -2.33. The second kappa shape index (κ2) is 10.0. The Morgan fingerprint density at radius 1 is 1.29 bits per heavy atom. The van der Waals surface area contributed by atoms with E-state index in [-0.39, 0.29) is 25.0 Å². The van der Waals surface area contributed by atoms with E-state index in [0.717, 1.165) is 37.9 Å². The van der Waals surface area contributed by atoms with E-state index in [1.165, 1.54) is 12.3 Å². The number of aliphatic hydroxyl groups is 1. The van der Waals surface area contributed by atoms with Gasteiger partial charge in [-0.1, -0.05) is 6.92 Å². The normalized spacial score (nSPS) is 21.7. The molecule has 3 rings (SSSR count). The van der Waals surface area contributed by atoms with E-state index in [9.17, 15) is 19.4 Å². The molecular weight excluding hydrogens is 405 g/mol. The van der Waals surface area contributed by atoms with Gasteiger partial charge in [-0.2, -0.15) is 0 Å². The minimum Gasteiger partial charge on any atom is -0.490 e. The van der Waals surface area contributed by atoms with E-state index in [0.29, 0.717) is 17.4 Å². The van der Waals surface area contributed by atoms with E-state index >= 15 is 0 Å². The smallest absolute Gasteiger partial charge is 0.337 e. The maximum absolute atomic E-state index is 12.9. The standard InChI is InChI=1S/C22H28FN3O5/c1-14-2-5-17(6-3-14)31-18-8-9-25-16(10-18)11-22(29,21(27)28)19(24)13-30-20-7-4-15(23)12-26-20/h4,7-10,12,14,17,19,29H,2-3,5-6,11,13,24H2,1H3,(H,27,28)/t14?,17?,19-,22+/m0/s1. The predicted molar refractivity (Wildman–Crippen MR) is 110 cm³/mol. The number of rotatable bonds is 9. The Hall–Kier alpha value is -2.78. The van der Waals surface area contributed by atoms with Gasteiger partial charge >= 0.3 is 5.97 Å². The van der Waals surface area contributed by atoms with Gasteiger partial charge in [0.05, 0.1) is 18.3 Å². The van der Waals surface area contributed by atoms with Crippen LogP contribution in [0.1, 0.15) is 38.3 Å². The lowest BCUT2D eigenvalue weighted by molar-refractivity contribution is -0.161. The van der Waals surface area contributed by atoms with Gasteiger partial charge in [-0.25, -0.2) is 14.2 Å². The summed E-state index contributed by atoms with van der Waals surface area (Å²) in [5.41, 5.74) is 3.97. The number of hydrogen-bond acceptors (Lipinski definition) is 7. The van der Waals surface area contributed by atoms with Gasteiger partial charge in [0.25, 0.3) is 0 Å². The fourth-order valence-corrected chi connectivity index (χ4v) is 3.57. The predicted octanol–water partition coefficient (Wildman–Crippen LogP) is 2.34. The molecule has 2 aromatic heterocycles. The summed E-state index contributed by atoms with van der Waals surface area (Å²) in [6.45, 7) is 1.89. The number of aliphatic carboxylic acids is 1. The Morgan fingerprint density at radius 3 is 2.68 bits per heavy atom. The molecule has 0 saturated heterocycles. The molecule has 1 aliphatic rings. The summed E-state index contributed by atoms with van der Waals surface area (Å²) in [4.78, 5) is 19.7. The van der Waals surface area contributed by atoms with Gasteiger partial charge in [0.2, 0.25) is 5.88 Å². The van der Waals surface area contributed by atoms with Crippen molar-refractivity contribution >= 4 is 5.97 Å². The Kier molecular flexibility index (Phi) is 7.40. The van der Waals surface area contributed by atoms with Crippen molar-refractivity contribution < 1.29 is 28.9 Å². The number of ether oxygens (including phenoxy) is 2. The van der Waals surface area contributed by atoms with Crippen LogP contribution in [0, 0.1) is 11.7 Å². The topological polar surface area (TPSA) is 128 Å². The number of carbonyl (C=O) groups is 1. The summed E-state index contributed by atoms with van der Waals surface area (Å²) < 4.78 is 24.3. The SMILES string of the molecule is CC1CCC(Oc2ccnc(C[C@](O)(C(=O)O)[C@@H](N)COc3ccc(F)cn3)c2)CC1. The van der Waals surface area contributed by atoms with Crippen molar-refractivity contribution in [2.24, 2.45) is 11.7 Å². The molecular formula is C22H28FN3O5. The van der Waals surface area contributed by atoms with Crippen molar-refractivity contribution in [3.05, 3.63) is 48.2 Å². The first kappa shape index (κ1) is 22.9. The molecule has 0 aromatic carbocycles. The molecule has 1 aliphatic carbocycles. The number of pyridine rings is 2. The van der Waals surface area contributed by atoms with E-state index in [1.807, 2.05) is 0 Å². The molecule has 2 atom stereocenters. The second-order valence-corrected chi connectivity index (χ2v) is 8.12. The monoisotopic (exact) mass is 433 g/mol. The number of nitrogens with two attached hydrogens (primary N) is 1. The number of nitrogens with zero attached hydrogens (tertiary/aromatic N) is 2. The Morgan fingerprint density at radius 2 is 2.03 bits per heavy atom. The third-order valence-electron chi connectivity index (χ3n) is 5.60. The number of aromatic nitrogens is 2. The lowest BCUT2D eigenvalue weighted by atomic mass is 9.89. The average Bonchev–Trinajstić information content (AvgIpc) is 2.75. The van der Waals surface area contributed by atoms with Crippen molar-refractivity contribution in [1.82, 2.24) is 9.97 Å². The highest BCUT2D eigenvalue weighted by atomic mass is 19.1. The van der Waals surface area contributed by atoms with Gasteiger partial charge in [-0.3, -0.25) is 4.98 Å². The molecule has 0 spiro atoms. The molecule has 0 radical (unpaired) electrons. The fourth-order valence-electron chi connectivity index (χ4n) is 3.57. The molecule has 1 fully saturated rings. The van der Waals surface area contributed by atoms with Crippen LogP contribution in [-0.2, 0) is 11.2 Å². The van der Waals surface area contributed by atoms with Crippen LogP contribution < -0.4 is 15.2 Å². The van der Waals surface area contributed by atoms with Crippen molar-refractivity contribution in [2.45, 2.75) is 56.8 Å². The summed E-state index contributed by atoms with van der Waals surface area (Å²) in [5, 5.41) is 20.5. The maximum Gasteiger partial charge on any atom is 0.337 e. The van der Waals surface area contributed by atoms with Crippen LogP contribution in [0.4, 0.5) is 4.39 Å². The fraction of sp³-hybridized carbons (Fsp3) is 0.500. The molecule has 0 aliphatic heterocycles. The summed E-state index contributed by atoms with van der Waals surface area (Å²) in [6.07, 6.45) is 6.43. The third kappa shape index (κ3) is 6.11. The van der Waals surface area contributed by atoms with Gasteiger partial charge in [0.15, 0.2) is 5.60 Å². The Bertz CT molecular complexity index is 874. The zero-order valence-electron chi connectivity index (χ0n) is 17.4. The van der Waals surface area contributed by atoms with Crippen molar-refractivity contribution in [1.29, 1.82) is 0 Å². The largest absolute Gasteiger partial charge is 0.490 e. The first-order valence-electron chi connectivity index (χ1n) is 10.3. The molecule has 0 bridgehead atoms. The first-order chi connectivity index (χ1) is 14.8. The van der Waals surface area contributed by atoms with E-state index in [2.05, 4.69) is 16.9 Å². The third-order valence-corrected chi connectivity index (χ3v) is 5.60. The number of carboxylic acids is 1. The second-order valence-electron chi connectivity index (χ2n) is 8.12. The maximum atomic E-state index is 12.9. The molecule has 8 nitrogen and oxygen atoms in total. The van der Waals surface area contributed by atoms with Crippen LogP contribution in [0.3, 0.4) is 0 Å². The molecule has 9 heteroatoms. The summed E-state index contributed by atoms with van der Waals surface area (Å²) in [6, 6.07) is 4.49. The van der Waals surface area contributed by atoms with E-state index in [4.69, 9.17) is 15.2 Å². The van der Waals surface area contributed by atoms with Crippen LogP contribution in [-0.4, -0.2) is 50.5 Å². The Balaban J connectivity index is 1.65. The van der Waals surface area contributed by atoms with Gasteiger partial charge < -0.3 is 25.4 Å². The highest BCUT2D eigenvalue weighted by molar-refractivity contribution is 5.78. The van der Waals surface area contributed by atoms with Crippen LogP contribution in [0.15, 0.2) is 36.7 Å². The molecule has 0 unspecified atom stereocenters. The quantitative estimate of drug-likeness (QED) is 0.550. The van der Waals surface area contributed by atoms with E-state index in [1.54, 1.807) is 12.1 Å². The average molecular weight is 433 g/mol. The first-order valence-corrected chi connectivity index (χ1v) is 10.3. The van der Waals surface area contributed by atoms with Crippen molar-refractivity contribution in [2.75, 3.05) is 6.61 Å². The van der Waals surface area contributed by atoms with Gasteiger partial charge in [-0.15, -0.1) is 0 Å². The summed E-state index contributed by atoms with van der Waals surface area (Å²) in [7, 11) is 0. The van der Waals surface area contributed by atoms with Crippen molar-refractivity contribution in [3.8, 4) is 11.6 Å². The number of carboxylic acid groups (broad SMARTS) is 1. The van der Waals surface area contributed by atoms with Gasteiger partial charge in [0.1, 0.15) is 18.2 Å². The number of halogens is 1. The highest BCUT2D eigenvalue weighted by Gasteiger charge is 2.43. The Labute approximate surface area is 180 Å². The lowest BCUT2D eigenvalue weighted by Gasteiger charge is -2.30. The highest BCUT2D eigenvalue weighted by Crippen LogP contribution is 2.28. The number of hydrogen-bond donors (Lipinski definition) is 3. The lowest BCUT2D eigenvalue weighted by Crippen LogP contribution is -2.58. The van der Waals surface area contributed by atoms with E-state index < -0.39 is 23.4 Å². The zero-order chi connectivity index (χ0) is 22.4. The molecule has 31 heavy (non-hydrogen) atoms. The molecule has 168 valence electrons. The molecule has 4 N–H and O–H groups in total. The summed E-state index contributed by atoms with van der Waals surface area (Å²) in [5.74, 6) is -0.676. The molecule has 1 saturated carbocycles. The van der Waals surface area contributed by atoms with Crippen molar-refractivity contribution in [3.63, 3.8) is 0 Å². The summed E-state index contributed by atoms with van der Waals surface area (Å²) >= 11 is 0. The van der Waals surface area contributed by atoms with Crippen LogP contribution >= 0.6 is 0 Å². The zero-order valence-corrected chi connectivity index (χ0v) is 17.4. The molecule has 2 aromatic rings.